The quantitative estimate of drug-likeness (QED) is 0.562. The highest BCUT2D eigenvalue weighted by Gasteiger charge is 2.28. The maximum atomic E-state index is 12.5. The largest absolute Gasteiger partial charge is 0.459 e. The smallest absolute Gasteiger partial charge is 0.329 e. The summed E-state index contributed by atoms with van der Waals surface area (Å²) in [4.78, 5) is 36.7. The maximum absolute atomic E-state index is 12.5. The van der Waals surface area contributed by atoms with Crippen LogP contribution in [0.1, 0.15) is 38.7 Å². The lowest BCUT2D eigenvalue weighted by Crippen LogP contribution is -2.50. The van der Waals surface area contributed by atoms with Gasteiger partial charge < -0.3 is 20.7 Å². The summed E-state index contributed by atoms with van der Waals surface area (Å²) < 4.78 is 5.37. The predicted octanol–water partition coefficient (Wildman–Crippen LogP) is 1.13. The minimum absolute atomic E-state index is 0.0792. The van der Waals surface area contributed by atoms with Crippen molar-refractivity contribution in [3.05, 3.63) is 35.9 Å². The molecular formula is C20H29N3O4. The molecule has 1 saturated heterocycles. The van der Waals surface area contributed by atoms with Crippen LogP contribution in [-0.2, 0) is 25.7 Å². The van der Waals surface area contributed by atoms with Gasteiger partial charge in [0.05, 0.1) is 12.6 Å². The first-order valence-corrected chi connectivity index (χ1v) is 9.52. The average Bonchev–Trinajstić information content (AvgIpc) is 3.23. The fourth-order valence-corrected chi connectivity index (χ4v) is 2.91. The van der Waals surface area contributed by atoms with E-state index in [2.05, 4.69) is 16.0 Å². The van der Waals surface area contributed by atoms with Gasteiger partial charge in [-0.1, -0.05) is 50.6 Å². The summed E-state index contributed by atoms with van der Waals surface area (Å²) in [6.45, 7) is 4.65. The first kappa shape index (κ1) is 20.9. The van der Waals surface area contributed by atoms with E-state index in [-0.39, 0.29) is 31.0 Å². The van der Waals surface area contributed by atoms with E-state index in [1.165, 1.54) is 0 Å². The topological polar surface area (TPSA) is 96.5 Å². The molecule has 1 aromatic carbocycles. The highest BCUT2D eigenvalue weighted by atomic mass is 16.5. The van der Waals surface area contributed by atoms with E-state index in [1.54, 1.807) is 0 Å². The van der Waals surface area contributed by atoms with Crippen molar-refractivity contribution in [3.63, 3.8) is 0 Å². The number of hydrogen-bond acceptors (Lipinski definition) is 5. The molecule has 0 bridgehead atoms. The van der Waals surface area contributed by atoms with Gasteiger partial charge in [-0.15, -0.1) is 0 Å². The standard InChI is InChI=1S/C20H29N3O4/c1-3-14(2)18(20(26)27-13-15-8-5-4-6-9-15)23-17(24)12-22-19(25)16-10-7-11-21-16/h4-6,8-9,14,16,18,21H,3,7,10-13H2,1-2H3,(H,22,25)(H,23,24)/t14-,16?,18-/m0/s1. The second kappa shape index (κ2) is 10.7. The van der Waals surface area contributed by atoms with Crippen molar-refractivity contribution in [2.75, 3.05) is 13.1 Å². The van der Waals surface area contributed by atoms with Crippen molar-refractivity contribution in [1.29, 1.82) is 0 Å². The molecule has 148 valence electrons. The Labute approximate surface area is 160 Å². The number of benzene rings is 1. The van der Waals surface area contributed by atoms with Crippen molar-refractivity contribution >= 4 is 17.8 Å². The Morgan fingerprint density at radius 1 is 1.26 bits per heavy atom. The van der Waals surface area contributed by atoms with Crippen molar-refractivity contribution in [3.8, 4) is 0 Å². The first-order valence-electron chi connectivity index (χ1n) is 9.52. The lowest BCUT2D eigenvalue weighted by atomic mass is 9.99. The summed E-state index contributed by atoms with van der Waals surface area (Å²) in [5.41, 5.74) is 0.886. The molecule has 0 saturated carbocycles. The molecule has 7 heteroatoms. The number of hydrogen-bond donors (Lipinski definition) is 3. The summed E-state index contributed by atoms with van der Waals surface area (Å²) in [5, 5.41) is 8.40. The number of carbonyl (C=O) groups excluding carboxylic acids is 3. The third-order valence-electron chi connectivity index (χ3n) is 4.81. The highest BCUT2D eigenvalue weighted by molar-refractivity contribution is 5.90. The molecule has 1 aromatic rings. The second-order valence-electron chi connectivity index (χ2n) is 6.89. The summed E-state index contributed by atoms with van der Waals surface area (Å²) in [6, 6.07) is 8.40. The Hall–Kier alpha value is -2.41. The van der Waals surface area contributed by atoms with E-state index >= 15 is 0 Å². The first-order chi connectivity index (χ1) is 13.0. The number of amides is 2. The zero-order valence-corrected chi connectivity index (χ0v) is 16.0. The molecule has 0 radical (unpaired) electrons. The van der Waals surface area contributed by atoms with Gasteiger partial charge in [0.15, 0.2) is 0 Å². The van der Waals surface area contributed by atoms with Crippen LogP contribution >= 0.6 is 0 Å². The van der Waals surface area contributed by atoms with Crippen molar-refractivity contribution in [2.45, 2.75) is 51.8 Å². The fraction of sp³-hybridized carbons (Fsp3) is 0.550. The molecule has 2 amide bonds. The molecule has 1 aliphatic rings. The third-order valence-corrected chi connectivity index (χ3v) is 4.81. The minimum atomic E-state index is -0.743. The van der Waals surface area contributed by atoms with Crippen LogP contribution in [0.4, 0.5) is 0 Å². The molecule has 1 heterocycles. The molecule has 7 nitrogen and oxygen atoms in total. The van der Waals surface area contributed by atoms with E-state index < -0.39 is 17.9 Å². The Morgan fingerprint density at radius 3 is 2.63 bits per heavy atom. The number of ether oxygens (including phenoxy) is 1. The van der Waals surface area contributed by atoms with E-state index in [9.17, 15) is 14.4 Å². The van der Waals surface area contributed by atoms with Gasteiger partial charge in [0.25, 0.3) is 0 Å². The van der Waals surface area contributed by atoms with Crippen molar-refractivity contribution < 1.29 is 19.1 Å². The zero-order valence-electron chi connectivity index (χ0n) is 16.0. The van der Waals surface area contributed by atoms with E-state index in [4.69, 9.17) is 4.74 Å². The summed E-state index contributed by atoms with van der Waals surface area (Å²) in [7, 11) is 0. The molecule has 3 N–H and O–H groups in total. The molecule has 0 aromatic heterocycles. The molecule has 0 aliphatic carbocycles. The summed E-state index contributed by atoms with van der Waals surface area (Å²) in [6.07, 6.45) is 2.44. The van der Waals surface area contributed by atoms with Crippen molar-refractivity contribution in [2.24, 2.45) is 5.92 Å². The summed E-state index contributed by atoms with van der Waals surface area (Å²) in [5.74, 6) is -1.13. The highest BCUT2D eigenvalue weighted by Crippen LogP contribution is 2.11. The van der Waals surface area contributed by atoms with Crippen molar-refractivity contribution in [1.82, 2.24) is 16.0 Å². The van der Waals surface area contributed by atoms with Gasteiger partial charge in [0, 0.05) is 0 Å². The van der Waals surface area contributed by atoms with Crippen LogP contribution in [0.25, 0.3) is 0 Å². The molecule has 0 spiro atoms. The average molecular weight is 375 g/mol. The molecule has 1 aliphatic heterocycles. The molecular weight excluding hydrogens is 346 g/mol. The number of carbonyl (C=O) groups is 3. The van der Waals surface area contributed by atoms with Crippen LogP contribution in [0.5, 0.6) is 0 Å². The van der Waals surface area contributed by atoms with Gasteiger partial charge in [-0.25, -0.2) is 4.79 Å². The fourth-order valence-electron chi connectivity index (χ4n) is 2.91. The Balaban J connectivity index is 1.83. The van der Waals surface area contributed by atoms with Crippen LogP contribution in [0.2, 0.25) is 0 Å². The van der Waals surface area contributed by atoms with E-state index in [1.807, 2.05) is 44.2 Å². The maximum Gasteiger partial charge on any atom is 0.329 e. The Kier molecular flexibility index (Phi) is 8.26. The zero-order chi connectivity index (χ0) is 19.6. The normalized spacial score (nSPS) is 18.4. The van der Waals surface area contributed by atoms with Gasteiger partial charge in [-0.3, -0.25) is 9.59 Å². The minimum Gasteiger partial charge on any atom is -0.459 e. The van der Waals surface area contributed by atoms with Crippen LogP contribution < -0.4 is 16.0 Å². The van der Waals surface area contributed by atoms with Crippen LogP contribution in [0.3, 0.4) is 0 Å². The SMILES string of the molecule is CC[C@H](C)[C@H](NC(=O)CNC(=O)C1CCCN1)C(=O)OCc1ccccc1. The third kappa shape index (κ3) is 6.67. The monoisotopic (exact) mass is 375 g/mol. The van der Waals surface area contributed by atoms with Crippen LogP contribution in [0, 0.1) is 5.92 Å². The van der Waals surface area contributed by atoms with Gasteiger partial charge in [-0.2, -0.15) is 0 Å². The molecule has 1 unspecified atom stereocenters. The predicted molar refractivity (Wildman–Crippen MR) is 102 cm³/mol. The molecule has 27 heavy (non-hydrogen) atoms. The Bertz CT molecular complexity index is 629. The van der Waals surface area contributed by atoms with Gasteiger partial charge in [-0.05, 0) is 30.9 Å². The van der Waals surface area contributed by atoms with Crippen LogP contribution in [0.15, 0.2) is 30.3 Å². The van der Waals surface area contributed by atoms with E-state index in [0.717, 1.165) is 24.9 Å². The van der Waals surface area contributed by atoms with Gasteiger partial charge in [0.2, 0.25) is 11.8 Å². The van der Waals surface area contributed by atoms with Gasteiger partial charge in [0.1, 0.15) is 12.6 Å². The summed E-state index contributed by atoms with van der Waals surface area (Å²) >= 11 is 0. The molecule has 3 atom stereocenters. The second-order valence-corrected chi connectivity index (χ2v) is 6.89. The number of rotatable bonds is 9. The van der Waals surface area contributed by atoms with E-state index in [0.29, 0.717) is 6.42 Å². The lowest BCUT2D eigenvalue weighted by molar-refractivity contribution is -0.150. The number of esters is 1. The lowest BCUT2D eigenvalue weighted by Gasteiger charge is -2.23. The van der Waals surface area contributed by atoms with Gasteiger partial charge >= 0.3 is 5.97 Å². The molecule has 2 rings (SSSR count). The molecule has 1 fully saturated rings. The Morgan fingerprint density at radius 2 is 2.00 bits per heavy atom. The number of nitrogens with one attached hydrogen (secondary N) is 3. The van der Waals surface area contributed by atoms with Crippen LogP contribution in [-0.4, -0.2) is 43.0 Å².